The Morgan fingerprint density at radius 1 is 1.35 bits per heavy atom. The topological polar surface area (TPSA) is 53.6 Å². The van der Waals surface area contributed by atoms with Gasteiger partial charge in [-0.2, -0.15) is 0 Å². The molecule has 20 heavy (non-hydrogen) atoms. The second kappa shape index (κ2) is 7.78. The molecule has 1 aromatic carbocycles. The summed E-state index contributed by atoms with van der Waals surface area (Å²) in [5, 5.41) is 3.19. The lowest BCUT2D eigenvalue weighted by Gasteiger charge is -2.23. The molecule has 0 spiro atoms. The molecule has 0 heterocycles. The van der Waals surface area contributed by atoms with Gasteiger partial charge in [0.15, 0.2) is 5.96 Å². The number of nitrogens with zero attached hydrogens (tertiary/aromatic N) is 2. The van der Waals surface area contributed by atoms with Gasteiger partial charge >= 0.3 is 0 Å². The van der Waals surface area contributed by atoms with Crippen molar-refractivity contribution >= 4 is 11.6 Å². The Morgan fingerprint density at radius 2 is 2.10 bits per heavy atom. The largest absolute Gasteiger partial charge is 0.375 e. The quantitative estimate of drug-likeness (QED) is 0.455. The first-order valence-electron chi connectivity index (χ1n) is 7.55. The van der Waals surface area contributed by atoms with E-state index in [4.69, 9.17) is 5.73 Å². The van der Waals surface area contributed by atoms with Crippen LogP contribution < -0.4 is 16.0 Å². The van der Waals surface area contributed by atoms with Crippen molar-refractivity contribution in [2.75, 3.05) is 31.6 Å². The highest BCUT2D eigenvalue weighted by Crippen LogP contribution is 2.26. The lowest BCUT2D eigenvalue weighted by atomic mass is 9.86. The Balaban J connectivity index is 1.58. The summed E-state index contributed by atoms with van der Waals surface area (Å²) in [6.07, 6.45) is 5.04. The Bertz CT molecular complexity index is 412. The fourth-order valence-corrected chi connectivity index (χ4v) is 2.30. The first-order valence-corrected chi connectivity index (χ1v) is 7.55. The van der Waals surface area contributed by atoms with Gasteiger partial charge in [0.2, 0.25) is 0 Å². The highest BCUT2D eigenvalue weighted by atomic mass is 15.1. The smallest absolute Gasteiger partial charge is 0.188 e. The molecule has 0 aromatic heterocycles. The zero-order chi connectivity index (χ0) is 14.2. The molecule has 4 nitrogen and oxygen atoms in total. The number of benzene rings is 1. The van der Waals surface area contributed by atoms with Crippen LogP contribution in [0.3, 0.4) is 0 Å². The summed E-state index contributed by atoms with van der Waals surface area (Å²) < 4.78 is 0. The number of nitrogens with one attached hydrogen (secondary N) is 1. The number of anilines is 1. The lowest BCUT2D eigenvalue weighted by Crippen LogP contribution is -2.34. The van der Waals surface area contributed by atoms with E-state index in [0.29, 0.717) is 5.96 Å². The van der Waals surface area contributed by atoms with Crippen LogP contribution in [0.5, 0.6) is 0 Å². The molecule has 1 aromatic rings. The normalized spacial score (nSPS) is 15.8. The average Bonchev–Trinajstić information content (AvgIpc) is 2.42. The minimum absolute atomic E-state index is 0.597. The van der Waals surface area contributed by atoms with Gasteiger partial charge in [0.05, 0.1) is 0 Å². The number of rotatable bonds is 7. The van der Waals surface area contributed by atoms with Crippen LogP contribution in [0.15, 0.2) is 35.3 Å². The Hall–Kier alpha value is -1.71. The zero-order valence-corrected chi connectivity index (χ0v) is 12.4. The molecular weight excluding hydrogens is 248 g/mol. The molecule has 0 saturated heterocycles. The van der Waals surface area contributed by atoms with E-state index < -0.39 is 0 Å². The zero-order valence-electron chi connectivity index (χ0n) is 12.4. The summed E-state index contributed by atoms with van der Waals surface area (Å²) in [6, 6.07) is 10.4. The van der Waals surface area contributed by atoms with Gasteiger partial charge in [-0.15, -0.1) is 0 Å². The maximum atomic E-state index is 5.85. The molecule has 4 heteroatoms. The van der Waals surface area contributed by atoms with Gasteiger partial charge in [-0.3, -0.25) is 4.99 Å². The minimum atomic E-state index is 0.597. The molecule has 0 atom stereocenters. The van der Waals surface area contributed by atoms with E-state index in [2.05, 4.69) is 46.5 Å². The van der Waals surface area contributed by atoms with Gasteiger partial charge < -0.3 is 16.0 Å². The fourth-order valence-electron chi connectivity index (χ4n) is 2.30. The van der Waals surface area contributed by atoms with Crippen molar-refractivity contribution in [2.24, 2.45) is 16.6 Å². The predicted octanol–water partition coefficient (Wildman–Crippen LogP) is 2.22. The van der Waals surface area contributed by atoms with Crippen LogP contribution in [0.4, 0.5) is 5.69 Å². The molecule has 2 rings (SSSR count). The van der Waals surface area contributed by atoms with E-state index in [9.17, 15) is 0 Å². The number of aliphatic imine (C=N–C) groups is 1. The summed E-state index contributed by atoms with van der Waals surface area (Å²) in [6.45, 7) is 2.77. The van der Waals surface area contributed by atoms with Crippen LogP contribution in [-0.4, -0.2) is 32.6 Å². The Labute approximate surface area is 122 Å². The summed E-state index contributed by atoms with van der Waals surface area (Å²) in [5.41, 5.74) is 7.10. The molecule has 3 N–H and O–H groups in total. The van der Waals surface area contributed by atoms with Crippen LogP contribution in [0.25, 0.3) is 0 Å². The highest BCUT2D eigenvalue weighted by molar-refractivity contribution is 5.77. The van der Waals surface area contributed by atoms with E-state index >= 15 is 0 Å². The maximum Gasteiger partial charge on any atom is 0.188 e. The molecule has 0 radical (unpaired) electrons. The van der Waals surface area contributed by atoms with Crippen molar-refractivity contribution in [3.05, 3.63) is 30.3 Å². The Morgan fingerprint density at radius 3 is 2.75 bits per heavy atom. The van der Waals surface area contributed by atoms with Gasteiger partial charge in [0.1, 0.15) is 0 Å². The van der Waals surface area contributed by atoms with Crippen LogP contribution in [0.1, 0.15) is 25.7 Å². The number of nitrogens with two attached hydrogens (primary N) is 1. The number of hydrogen-bond donors (Lipinski definition) is 2. The first-order chi connectivity index (χ1) is 9.75. The second-order valence-electron chi connectivity index (χ2n) is 5.56. The van der Waals surface area contributed by atoms with E-state index in [0.717, 1.165) is 32.0 Å². The molecule has 0 unspecified atom stereocenters. The third kappa shape index (κ3) is 4.76. The molecule has 110 valence electrons. The fraction of sp³-hybridized carbons (Fsp3) is 0.562. The van der Waals surface area contributed by atoms with E-state index in [1.165, 1.54) is 24.9 Å². The van der Waals surface area contributed by atoms with Crippen LogP contribution in [-0.2, 0) is 0 Å². The van der Waals surface area contributed by atoms with Crippen molar-refractivity contribution in [1.82, 2.24) is 5.32 Å². The predicted molar refractivity (Wildman–Crippen MR) is 86.2 cm³/mol. The molecule has 1 saturated carbocycles. The third-order valence-corrected chi connectivity index (χ3v) is 3.92. The van der Waals surface area contributed by atoms with Crippen molar-refractivity contribution in [3.63, 3.8) is 0 Å². The van der Waals surface area contributed by atoms with Crippen LogP contribution in [0.2, 0.25) is 0 Å². The molecule has 0 bridgehead atoms. The van der Waals surface area contributed by atoms with Crippen molar-refractivity contribution in [2.45, 2.75) is 25.7 Å². The minimum Gasteiger partial charge on any atom is -0.375 e. The summed E-state index contributed by atoms with van der Waals surface area (Å²) in [7, 11) is 2.11. The monoisotopic (exact) mass is 274 g/mol. The van der Waals surface area contributed by atoms with Gasteiger partial charge in [-0.05, 0) is 37.3 Å². The van der Waals surface area contributed by atoms with Crippen molar-refractivity contribution in [3.8, 4) is 0 Å². The SMILES string of the molecule is CN(CCCNC(N)=NCC1CCC1)c1ccccc1. The summed E-state index contributed by atoms with van der Waals surface area (Å²) in [5.74, 6) is 1.37. The molecule has 0 aliphatic heterocycles. The molecule has 0 amide bonds. The van der Waals surface area contributed by atoms with E-state index in [-0.39, 0.29) is 0 Å². The van der Waals surface area contributed by atoms with E-state index in [1.54, 1.807) is 0 Å². The Kier molecular flexibility index (Phi) is 5.71. The molecule has 1 fully saturated rings. The third-order valence-electron chi connectivity index (χ3n) is 3.92. The van der Waals surface area contributed by atoms with Gasteiger partial charge in [0.25, 0.3) is 0 Å². The standard InChI is InChI=1S/C16H26N4/c1-20(15-9-3-2-4-10-15)12-6-11-18-16(17)19-13-14-7-5-8-14/h2-4,9-10,14H,5-8,11-13H2,1H3,(H3,17,18,19). The average molecular weight is 274 g/mol. The summed E-state index contributed by atoms with van der Waals surface area (Å²) >= 11 is 0. The van der Waals surface area contributed by atoms with E-state index in [1.807, 2.05) is 6.07 Å². The molecular formula is C16H26N4. The first kappa shape index (κ1) is 14.7. The van der Waals surface area contributed by atoms with Crippen LogP contribution in [0, 0.1) is 5.92 Å². The summed E-state index contributed by atoms with van der Waals surface area (Å²) in [4.78, 5) is 6.64. The number of hydrogen-bond acceptors (Lipinski definition) is 2. The number of para-hydroxylation sites is 1. The molecule has 1 aliphatic rings. The lowest BCUT2D eigenvalue weighted by molar-refractivity contribution is 0.326. The van der Waals surface area contributed by atoms with Crippen LogP contribution >= 0.6 is 0 Å². The van der Waals surface area contributed by atoms with Crippen molar-refractivity contribution < 1.29 is 0 Å². The molecule has 1 aliphatic carbocycles. The number of guanidine groups is 1. The van der Waals surface area contributed by atoms with Gasteiger partial charge in [-0.1, -0.05) is 24.6 Å². The highest BCUT2D eigenvalue weighted by Gasteiger charge is 2.16. The van der Waals surface area contributed by atoms with Gasteiger partial charge in [-0.25, -0.2) is 0 Å². The maximum absolute atomic E-state index is 5.85. The van der Waals surface area contributed by atoms with Crippen molar-refractivity contribution in [1.29, 1.82) is 0 Å². The van der Waals surface area contributed by atoms with Gasteiger partial charge in [0, 0.05) is 32.4 Å². The second-order valence-corrected chi connectivity index (χ2v) is 5.56.